The van der Waals surface area contributed by atoms with Crippen LogP contribution >= 0.6 is 0 Å². The molecule has 0 radical (unpaired) electrons. The molecule has 2 rings (SSSR count). The van der Waals surface area contributed by atoms with Crippen LogP contribution in [-0.2, 0) is 4.79 Å². The van der Waals surface area contributed by atoms with Crippen molar-refractivity contribution < 1.29 is 14.3 Å². The quantitative estimate of drug-likeness (QED) is 0.158. The van der Waals surface area contributed by atoms with Gasteiger partial charge in [0.15, 0.2) is 17.3 Å². The molecule has 1 aromatic rings. The van der Waals surface area contributed by atoms with Gasteiger partial charge in [-0.25, -0.2) is 0 Å². The minimum atomic E-state index is -0.0508. The first-order chi connectivity index (χ1) is 17.8. The molecule has 0 saturated carbocycles. The van der Waals surface area contributed by atoms with E-state index in [2.05, 4.69) is 63.9 Å². The van der Waals surface area contributed by atoms with Gasteiger partial charge in [0.1, 0.15) is 0 Å². The monoisotopic (exact) mass is 506 g/mol. The van der Waals surface area contributed by atoms with Crippen LogP contribution in [0, 0.1) is 5.92 Å². The number of carbonyl (C=O) groups excluding carboxylic acids is 1. The third kappa shape index (κ3) is 8.85. The van der Waals surface area contributed by atoms with Crippen LogP contribution < -0.4 is 9.47 Å². The molecular weight excluding hydrogens is 460 g/mol. The number of ether oxygens (including phenoxy) is 2. The van der Waals surface area contributed by atoms with Crippen LogP contribution in [0.3, 0.4) is 0 Å². The molecular formula is C32H46N2O3. The Morgan fingerprint density at radius 1 is 1.19 bits per heavy atom. The zero-order valence-electron chi connectivity index (χ0n) is 24.1. The molecule has 2 atom stereocenters. The lowest BCUT2D eigenvalue weighted by Gasteiger charge is -2.30. The average Bonchev–Trinajstić information content (AvgIpc) is 2.91. The van der Waals surface area contributed by atoms with Gasteiger partial charge >= 0.3 is 0 Å². The maximum atomic E-state index is 12.1. The molecule has 1 aromatic carbocycles. The Hall–Kier alpha value is -2.92. The number of ketones is 1. The van der Waals surface area contributed by atoms with E-state index in [1.165, 1.54) is 24.0 Å². The summed E-state index contributed by atoms with van der Waals surface area (Å²) in [6, 6.07) is 6.25. The van der Waals surface area contributed by atoms with Crippen LogP contribution in [0.4, 0.5) is 0 Å². The fourth-order valence-electron chi connectivity index (χ4n) is 4.61. The van der Waals surface area contributed by atoms with E-state index in [4.69, 9.17) is 14.5 Å². The Morgan fingerprint density at radius 2 is 1.92 bits per heavy atom. The summed E-state index contributed by atoms with van der Waals surface area (Å²) < 4.78 is 10.9. The van der Waals surface area contributed by atoms with Crippen molar-refractivity contribution in [2.45, 2.75) is 72.8 Å². The van der Waals surface area contributed by atoms with Crippen molar-refractivity contribution in [3.63, 3.8) is 0 Å². The largest absolute Gasteiger partial charge is 0.493 e. The van der Waals surface area contributed by atoms with Gasteiger partial charge in [-0.2, -0.15) is 0 Å². The molecule has 1 aliphatic carbocycles. The molecule has 0 heterocycles. The predicted molar refractivity (Wildman–Crippen MR) is 157 cm³/mol. The van der Waals surface area contributed by atoms with Crippen LogP contribution in [0.15, 0.2) is 64.7 Å². The predicted octanol–water partition coefficient (Wildman–Crippen LogP) is 7.44. The molecule has 2 unspecified atom stereocenters. The van der Waals surface area contributed by atoms with Crippen LogP contribution in [0.5, 0.6) is 11.5 Å². The number of benzene rings is 1. The molecule has 5 heteroatoms. The maximum absolute atomic E-state index is 12.1. The third-order valence-electron chi connectivity index (χ3n) is 7.08. The van der Waals surface area contributed by atoms with E-state index < -0.39 is 0 Å². The van der Waals surface area contributed by atoms with Gasteiger partial charge in [-0.1, -0.05) is 39.0 Å². The van der Waals surface area contributed by atoms with Crippen molar-refractivity contribution in [2.75, 3.05) is 27.8 Å². The number of hydrogen-bond donors (Lipinski definition) is 0. The molecule has 1 aliphatic rings. The molecule has 0 amide bonds. The number of rotatable bonds is 13. The van der Waals surface area contributed by atoms with E-state index in [0.717, 1.165) is 37.1 Å². The summed E-state index contributed by atoms with van der Waals surface area (Å²) in [5.41, 5.74) is 5.03. The summed E-state index contributed by atoms with van der Waals surface area (Å²) in [5.74, 6) is 1.43. The van der Waals surface area contributed by atoms with Crippen LogP contribution in [0.2, 0.25) is 0 Å². The van der Waals surface area contributed by atoms with Crippen molar-refractivity contribution in [1.82, 2.24) is 4.90 Å². The van der Waals surface area contributed by atoms with E-state index >= 15 is 0 Å². The maximum Gasteiger partial charge on any atom is 0.161 e. The Morgan fingerprint density at radius 3 is 2.46 bits per heavy atom. The highest BCUT2D eigenvalue weighted by atomic mass is 16.5. The van der Waals surface area contributed by atoms with Crippen molar-refractivity contribution in [3.8, 4) is 11.5 Å². The summed E-state index contributed by atoms with van der Waals surface area (Å²) in [5, 5.41) is 0. The van der Waals surface area contributed by atoms with Crippen molar-refractivity contribution in [3.05, 3.63) is 65.3 Å². The lowest BCUT2D eigenvalue weighted by Crippen LogP contribution is -2.33. The Bertz CT molecular complexity index is 1060. The Labute approximate surface area is 224 Å². The fraction of sp³-hybridized carbons (Fsp3) is 0.500. The van der Waals surface area contributed by atoms with E-state index in [1.807, 2.05) is 18.2 Å². The second kappa shape index (κ2) is 15.4. The average molecular weight is 507 g/mol. The van der Waals surface area contributed by atoms with Gasteiger partial charge in [0.25, 0.3) is 0 Å². The van der Waals surface area contributed by atoms with Crippen molar-refractivity contribution in [2.24, 2.45) is 10.9 Å². The smallest absolute Gasteiger partial charge is 0.161 e. The number of carbonyl (C=O) groups is 1. The number of aliphatic imine (C=N–C) groups is 1. The molecule has 37 heavy (non-hydrogen) atoms. The lowest BCUT2D eigenvalue weighted by molar-refractivity contribution is -0.112. The zero-order valence-corrected chi connectivity index (χ0v) is 24.1. The van der Waals surface area contributed by atoms with Crippen molar-refractivity contribution in [1.29, 1.82) is 0 Å². The molecule has 0 aliphatic heterocycles. The molecule has 0 bridgehead atoms. The summed E-state index contributed by atoms with van der Waals surface area (Å²) >= 11 is 0. The van der Waals surface area contributed by atoms with Crippen molar-refractivity contribution >= 4 is 17.2 Å². The minimum absolute atomic E-state index is 0.0508. The molecule has 5 nitrogen and oxygen atoms in total. The number of nitrogens with zero attached hydrogens (tertiary/aromatic N) is 2. The topological polar surface area (TPSA) is 51.1 Å². The number of allylic oxidation sites excluding steroid dienone is 6. The second-order valence-corrected chi connectivity index (χ2v) is 9.77. The van der Waals surface area contributed by atoms with Gasteiger partial charge in [0, 0.05) is 23.4 Å². The van der Waals surface area contributed by atoms with E-state index in [1.54, 1.807) is 27.2 Å². The number of hydrogen-bond acceptors (Lipinski definition) is 5. The first-order valence-corrected chi connectivity index (χ1v) is 13.5. The highest BCUT2D eigenvalue weighted by Crippen LogP contribution is 2.32. The number of methoxy groups -OCH3 is 2. The highest BCUT2D eigenvalue weighted by molar-refractivity contribution is 6.03. The normalized spacial score (nSPS) is 18.2. The van der Waals surface area contributed by atoms with Gasteiger partial charge in [-0.05, 0) is 101 Å². The van der Waals surface area contributed by atoms with Gasteiger partial charge in [0.2, 0.25) is 0 Å². The van der Waals surface area contributed by atoms with Gasteiger partial charge < -0.3 is 14.4 Å². The summed E-state index contributed by atoms with van der Waals surface area (Å²) in [6.45, 7) is 11.4. The summed E-state index contributed by atoms with van der Waals surface area (Å²) in [4.78, 5) is 19.6. The minimum Gasteiger partial charge on any atom is -0.493 e. The Balaban J connectivity index is 2.40. The third-order valence-corrected chi connectivity index (χ3v) is 7.08. The van der Waals surface area contributed by atoms with Crippen LogP contribution in [0.25, 0.3) is 5.70 Å². The summed E-state index contributed by atoms with van der Waals surface area (Å²) in [7, 11) is 5.45. The van der Waals surface area contributed by atoms with E-state index in [0.29, 0.717) is 23.2 Å². The van der Waals surface area contributed by atoms with Gasteiger partial charge in [-0.15, -0.1) is 0 Å². The molecule has 202 valence electrons. The summed E-state index contributed by atoms with van der Waals surface area (Å²) in [6.07, 6.45) is 16.0. The molecule has 0 spiro atoms. The molecule has 0 saturated heterocycles. The molecule has 0 fully saturated rings. The molecule has 0 N–H and O–H groups in total. The molecule has 0 aromatic heterocycles. The zero-order chi connectivity index (χ0) is 27.4. The van der Waals surface area contributed by atoms with Crippen LogP contribution in [-0.4, -0.2) is 50.2 Å². The van der Waals surface area contributed by atoms with Gasteiger partial charge in [-0.3, -0.25) is 9.79 Å². The standard InChI is InChI=1S/C32H46N2O3/c1-9-20-34(6)28-16-12-26(13-17-28)25(11-3)14-18-29(23(4)10-2)33-30(21-24(5)35)27-15-19-31(36-7)32(22-27)37-8/h11-12,14-15,18-19,21-23,28H,9-10,13,16-17,20H2,1-8H3/b18-14-,25-11+,30-21-,33-29-. The lowest BCUT2D eigenvalue weighted by atomic mass is 9.89. The van der Waals surface area contributed by atoms with Crippen LogP contribution in [0.1, 0.15) is 72.3 Å². The van der Waals surface area contributed by atoms with E-state index in [-0.39, 0.29) is 11.7 Å². The fourth-order valence-corrected chi connectivity index (χ4v) is 4.61. The first-order valence-electron chi connectivity index (χ1n) is 13.5. The second-order valence-electron chi connectivity index (χ2n) is 9.77. The van der Waals surface area contributed by atoms with Gasteiger partial charge in [0.05, 0.1) is 19.9 Å². The first kappa shape index (κ1) is 30.3. The SMILES string of the molecule is C\C=C(/C=C\C(=N\C(=C/C(C)=O)c1ccc(OC)c(OC)c1)C(C)CC)C1=CCC(N(C)CCC)CC1. The Kier molecular flexibility index (Phi) is 12.6. The highest BCUT2D eigenvalue weighted by Gasteiger charge is 2.19. The van der Waals surface area contributed by atoms with E-state index in [9.17, 15) is 4.79 Å².